The molecule has 3 aromatic rings. The third kappa shape index (κ3) is 5.02. The molecule has 0 N–H and O–H groups in total. The molecule has 1 unspecified atom stereocenters. The Balaban J connectivity index is 2.24. The van der Waals surface area contributed by atoms with Crippen LogP contribution >= 0.6 is 18.9 Å². The molecule has 4 nitrogen and oxygen atoms in total. The van der Waals surface area contributed by atoms with E-state index in [9.17, 15) is 0 Å². The minimum Gasteiger partial charge on any atom is -0.457 e. The van der Waals surface area contributed by atoms with E-state index >= 15 is 0 Å². The summed E-state index contributed by atoms with van der Waals surface area (Å²) in [7, 11) is -2.69. The van der Waals surface area contributed by atoms with Gasteiger partial charge in [-0.3, -0.25) is 0 Å². The van der Waals surface area contributed by atoms with Gasteiger partial charge < -0.3 is 13.8 Å². The highest BCUT2D eigenvalue weighted by Crippen LogP contribution is 2.62. The second-order valence-electron chi connectivity index (χ2n) is 8.44. The number of nitrogens with zero attached hydrogens (tertiary/aromatic N) is 2. The van der Waals surface area contributed by atoms with Gasteiger partial charge in [-0.15, -0.1) is 0 Å². The van der Waals surface area contributed by atoms with Crippen LogP contribution in [0.15, 0.2) is 69.8 Å². The smallest absolute Gasteiger partial charge is 0.207 e. The van der Waals surface area contributed by atoms with E-state index in [2.05, 4.69) is 51.7 Å². The molecule has 0 aliphatic carbocycles. The van der Waals surface area contributed by atoms with Gasteiger partial charge in [-0.1, -0.05) is 50.6 Å². The second kappa shape index (κ2) is 9.54. The fraction of sp³-hybridized carbons (Fsp3) is 0.360. The maximum absolute atomic E-state index is 6.87. The van der Waals surface area contributed by atoms with Crippen LogP contribution in [0.1, 0.15) is 40.4 Å². The lowest BCUT2D eigenvalue weighted by Gasteiger charge is -2.35. The Morgan fingerprint density at radius 3 is 2.29 bits per heavy atom. The zero-order valence-corrected chi connectivity index (χ0v) is 20.9. The van der Waals surface area contributed by atoms with Crippen molar-refractivity contribution in [3.63, 3.8) is 0 Å². The number of hydrogen-bond acceptors (Lipinski definition) is 4. The Labute approximate surface area is 191 Å². The summed E-state index contributed by atoms with van der Waals surface area (Å²) in [6.07, 6.45) is 0. The lowest BCUT2D eigenvalue weighted by atomic mass is 10.2. The van der Waals surface area contributed by atoms with E-state index in [1.165, 1.54) is 0 Å². The second-order valence-corrected chi connectivity index (χ2v) is 12.2. The van der Waals surface area contributed by atoms with E-state index in [0.29, 0.717) is 10.7 Å². The van der Waals surface area contributed by atoms with E-state index in [1.807, 2.05) is 55.5 Å². The SMILES string of the molecule is CCN(CC)c1cccc(OP(=Nc2ccccc2Cl)(c2ccc(C)o2)C(C)(C)C)c1. The number of furan rings is 1. The van der Waals surface area contributed by atoms with Gasteiger partial charge >= 0.3 is 0 Å². The predicted molar refractivity (Wildman–Crippen MR) is 134 cm³/mol. The summed E-state index contributed by atoms with van der Waals surface area (Å²) in [5.41, 5.74) is 2.59. The van der Waals surface area contributed by atoms with E-state index in [-0.39, 0.29) is 5.16 Å². The molecule has 0 fully saturated rings. The normalized spacial score (nSPS) is 13.5. The van der Waals surface area contributed by atoms with Gasteiger partial charge in [-0.05, 0) is 57.2 Å². The molecule has 166 valence electrons. The van der Waals surface area contributed by atoms with Crippen molar-refractivity contribution >= 4 is 35.8 Å². The van der Waals surface area contributed by atoms with Crippen LogP contribution in [-0.2, 0) is 0 Å². The molecular formula is C25H32ClN2O2P. The van der Waals surface area contributed by atoms with Gasteiger partial charge in [0.15, 0.2) is 5.50 Å². The lowest BCUT2D eigenvalue weighted by Crippen LogP contribution is -2.26. The monoisotopic (exact) mass is 458 g/mol. The lowest BCUT2D eigenvalue weighted by molar-refractivity contribution is 0.527. The largest absolute Gasteiger partial charge is 0.457 e. The van der Waals surface area contributed by atoms with Gasteiger partial charge in [-0.2, -0.15) is 0 Å². The highest BCUT2D eigenvalue weighted by atomic mass is 35.5. The van der Waals surface area contributed by atoms with Crippen molar-refractivity contribution in [3.8, 4) is 5.75 Å². The van der Waals surface area contributed by atoms with Crippen LogP contribution in [-0.4, -0.2) is 18.2 Å². The molecule has 1 atom stereocenters. The first-order valence-corrected chi connectivity index (χ1v) is 12.7. The summed E-state index contributed by atoms with van der Waals surface area (Å²) in [5, 5.41) is 0.265. The molecular weight excluding hydrogens is 427 g/mol. The Bertz CT molecular complexity index is 1080. The van der Waals surface area contributed by atoms with Crippen LogP contribution in [0.4, 0.5) is 11.4 Å². The summed E-state index contributed by atoms with van der Waals surface area (Å²) < 4.78 is 18.2. The van der Waals surface area contributed by atoms with E-state index in [1.54, 1.807) is 0 Å². The molecule has 0 saturated heterocycles. The zero-order valence-electron chi connectivity index (χ0n) is 19.2. The standard InChI is InChI=1S/C25H32ClN2O2P/c1-7-28(8-2)20-12-11-13-21(18-20)30-31(25(4,5)6,24-17-16-19(3)29-24)27-23-15-10-9-14-22(23)26/h9-18H,7-8H2,1-6H3. The fourth-order valence-corrected chi connectivity index (χ4v) is 6.62. The van der Waals surface area contributed by atoms with Gasteiger partial charge in [0.2, 0.25) is 7.28 Å². The van der Waals surface area contributed by atoms with Crippen molar-refractivity contribution in [2.45, 2.75) is 46.7 Å². The molecule has 0 aliphatic rings. The number of aryl methyl sites for hydroxylation is 1. The van der Waals surface area contributed by atoms with Crippen molar-refractivity contribution in [2.24, 2.45) is 4.74 Å². The van der Waals surface area contributed by atoms with Crippen LogP contribution in [0.3, 0.4) is 0 Å². The Kier molecular flexibility index (Phi) is 7.24. The molecule has 0 radical (unpaired) electrons. The Morgan fingerprint density at radius 1 is 1.00 bits per heavy atom. The molecule has 0 bridgehead atoms. The van der Waals surface area contributed by atoms with Gasteiger partial charge in [0.05, 0.1) is 10.7 Å². The molecule has 0 amide bonds. The quantitative estimate of drug-likeness (QED) is 0.336. The first kappa shape index (κ1) is 23.5. The summed E-state index contributed by atoms with van der Waals surface area (Å²) in [6.45, 7) is 14.6. The molecule has 0 saturated carbocycles. The predicted octanol–water partition coefficient (Wildman–Crippen LogP) is 8.04. The van der Waals surface area contributed by atoms with E-state index < -0.39 is 7.28 Å². The molecule has 3 rings (SSSR count). The Morgan fingerprint density at radius 2 is 1.71 bits per heavy atom. The number of hydrogen-bond donors (Lipinski definition) is 0. The third-order valence-corrected chi connectivity index (χ3v) is 9.17. The van der Waals surface area contributed by atoms with Gasteiger partial charge in [0.25, 0.3) is 0 Å². The summed E-state index contributed by atoms with van der Waals surface area (Å²) in [6, 6.07) is 19.8. The zero-order chi connectivity index (χ0) is 22.6. The maximum atomic E-state index is 6.87. The number of anilines is 1. The molecule has 0 spiro atoms. The van der Waals surface area contributed by atoms with Crippen molar-refractivity contribution in [1.82, 2.24) is 0 Å². The fourth-order valence-electron chi connectivity index (χ4n) is 3.48. The topological polar surface area (TPSA) is 38.0 Å². The summed E-state index contributed by atoms with van der Waals surface area (Å²) in [4.78, 5) is 2.30. The van der Waals surface area contributed by atoms with Crippen LogP contribution in [0.5, 0.6) is 5.75 Å². The molecule has 31 heavy (non-hydrogen) atoms. The maximum Gasteiger partial charge on any atom is 0.207 e. The van der Waals surface area contributed by atoms with Crippen molar-refractivity contribution in [3.05, 3.63) is 71.4 Å². The van der Waals surface area contributed by atoms with Crippen LogP contribution in [0.25, 0.3) is 0 Å². The third-order valence-electron chi connectivity index (χ3n) is 5.22. The summed E-state index contributed by atoms with van der Waals surface area (Å²) in [5.74, 6) is 1.61. The minimum absolute atomic E-state index is 0.332. The van der Waals surface area contributed by atoms with Crippen molar-refractivity contribution in [2.75, 3.05) is 18.0 Å². The highest BCUT2D eigenvalue weighted by molar-refractivity contribution is 7.70. The van der Waals surface area contributed by atoms with E-state index in [4.69, 9.17) is 25.3 Å². The molecule has 1 heterocycles. The minimum atomic E-state index is -2.69. The molecule has 1 aromatic heterocycles. The number of halogens is 1. The number of benzene rings is 2. The highest BCUT2D eigenvalue weighted by Gasteiger charge is 2.42. The molecule has 2 aromatic carbocycles. The van der Waals surface area contributed by atoms with Crippen molar-refractivity contribution < 1.29 is 8.94 Å². The molecule has 0 aliphatic heterocycles. The van der Waals surface area contributed by atoms with Gasteiger partial charge in [0.1, 0.15) is 11.5 Å². The average Bonchev–Trinajstić information content (AvgIpc) is 3.16. The van der Waals surface area contributed by atoms with Gasteiger partial charge in [0, 0.05) is 30.0 Å². The first-order chi connectivity index (χ1) is 14.7. The molecule has 6 heteroatoms. The first-order valence-electron chi connectivity index (χ1n) is 10.7. The summed E-state index contributed by atoms with van der Waals surface area (Å²) >= 11 is 6.51. The van der Waals surface area contributed by atoms with E-state index in [0.717, 1.165) is 35.8 Å². The number of rotatable bonds is 7. The van der Waals surface area contributed by atoms with Crippen molar-refractivity contribution in [1.29, 1.82) is 0 Å². The average molecular weight is 459 g/mol. The van der Waals surface area contributed by atoms with Gasteiger partial charge in [-0.25, -0.2) is 4.74 Å². The van der Waals surface area contributed by atoms with Crippen LogP contribution < -0.4 is 14.9 Å². The Hall–Kier alpha value is -2.16. The van der Waals surface area contributed by atoms with Crippen LogP contribution in [0, 0.1) is 6.92 Å². The van der Waals surface area contributed by atoms with Crippen LogP contribution in [0.2, 0.25) is 5.02 Å².